The molecule has 0 amide bonds. The van der Waals surface area contributed by atoms with Gasteiger partial charge < -0.3 is 10.0 Å². The van der Waals surface area contributed by atoms with Gasteiger partial charge in [0.15, 0.2) is 0 Å². The van der Waals surface area contributed by atoms with E-state index in [9.17, 15) is 0 Å². The number of aliphatic hydroxyl groups excluding tert-OH is 1. The fraction of sp³-hybridized carbons (Fsp3) is 0.400. The van der Waals surface area contributed by atoms with E-state index >= 15 is 0 Å². The molecule has 5 heteroatoms. The zero-order valence-electron chi connectivity index (χ0n) is 11.3. The third-order valence-corrected chi connectivity index (χ3v) is 4.45. The number of halogens is 1. The Morgan fingerprint density at radius 1 is 1.10 bits per heavy atom. The van der Waals surface area contributed by atoms with Crippen molar-refractivity contribution >= 4 is 32.5 Å². The summed E-state index contributed by atoms with van der Waals surface area (Å²) in [4.78, 5) is 9.24. The largest absolute Gasteiger partial charge is 0.395 e. The molecule has 3 rings (SSSR count). The highest BCUT2D eigenvalue weighted by Gasteiger charge is 2.19. The Labute approximate surface area is 127 Å². The summed E-state index contributed by atoms with van der Waals surface area (Å²) in [6.45, 7) is 4.87. The van der Waals surface area contributed by atoms with Crippen molar-refractivity contribution in [2.75, 3.05) is 44.2 Å². The zero-order valence-corrected chi connectivity index (χ0v) is 12.9. The van der Waals surface area contributed by atoms with E-state index in [1.807, 2.05) is 6.20 Å². The molecule has 0 aliphatic carbocycles. The zero-order chi connectivity index (χ0) is 13.9. The first-order valence-electron chi connectivity index (χ1n) is 6.91. The van der Waals surface area contributed by atoms with Crippen LogP contribution in [0.5, 0.6) is 0 Å². The van der Waals surface area contributed by atoms with Crippen molar-refractivity contribution in [2.45, 2.75) is 0 Å². The molecule has 1 aromatic carbocycles. The summed E-state index contributed by atoms with van der Waals surface area (Å²) in [5.41, 5.74) is 0. The number of anilines is 1. The summed E-state index contributed by atoms with van der Waals surface area (Å²) < 4.78 is 1.04. The van der Waals surface area contributed by atoms with Gasteiger partial charge in [-0.25, -0.2) is 4.98 Å². The van der Waals surface area contributed by atoms with Crippen molar-refractivity contribution in [3.05, 3.63) is 34.9 Å². The van der Waals surface area contributed by atoms with Gasteiger partial charge in [0.1, 0.15) is 5.82 Å². The number of β-amino-alcohol motifs (C(OH)–C–C–N with tert-alkyl or cyclic N) is 1. The highest BCUT2D eigenvalue weighted by Crippen LogP contribution is 2.30. The molecule has 0 atom stereocenters. The smallest absolute Gasteiger partial charge is 0.136 e. The van der Waals surface area contributed by atoms with Crippen LogP contribution in [0.25, 0.3) is 10.8 Å². The first-order chi connectivity index (χ1) is 9.79. The molecule has 2 aromatic rings. The first kappa shape index (κ1) is 13.8. The first-order valence-corrected chi connectivity index (χ1v) is 7.70. The predicted octanol–water partition coefficient (Wildman–Crippen LogP) is 2.11. The van der Waals surface area contributed by atoms with Gasteiger partial charge in [-0.1, -0.05) is 24.3 Å². The van der Waals surface area contributed by atoms with E-state index < -0.39 is 0 Å². The van der Waals surface area contributed by atoms with E-state index in [2.05, 4.69) is 55.0 Å². The van der Waals surface area contributed by atoms with Crippen LogP contribution in [0, 0.1) is 0 Å². The van der Waals surface area contributed by atoms with E-state index in [1.165, 1.54) is 10.8 Å². The van der Waals surface area contributed by atoms with E-state index in [0.29, 0.717) is 0 Å². The molecule has 0 spiro atoms. The van der Waals surface area contributed by atoms with Crippen molar-refractivity contribution in [3.63, 3.8) is 0 Å². The van der Waals surface area contributed by atoms with Crippen molar-refractivity contribution in [3.8, 4) is 0 Å². The molecule has 4 nitrogen and oxygen atoms in total. The molecule has 1 fully saturated rings. The SMILES string of the molecule is OCCN1CCN(c2ncc(Br)c3ccccc23)CC1. The number of nitrogens with zero attached hydrogens (tertiary/aromatic N) is 3. The lowest BCUT2D eigenvalue weighted by Crippen LogP contribution is -2.47. The number of rotatable bonds is 3. The van der Waals surface area contributed by atoms with Gasteiger partial charge in [-0.15, -0.1) is 0 Å². The molecule has 1 aromatic heterocycles. The molecular weight excluding hydrogens is 318 g/mol. The average molecular weight is 336 g/mol. The fourth-order valence-corrected chi connectivity index (χ4v) is 3.17. The Morgan fingerprint density at radius 3 is 2.50 bits per heavy atom. The van der Waals surface area contributed by atoms with Gasteiger partial charge in [0, 0.05) is 54.2 Å². The lowest BCUT2D eigenvalue weighted by atomic mass is 10.1. The molecule has 1 aliphatic heterocycles. The molecule has 1 aliphatic rings. The number of hydrogen-bond donors (Lipinski definition) is 1. The number of piperazine rings is 1. The minimum absolute atomic E-state index is 0.236. The number of pyridine rings is 1. The van der Waals surface area contributed by atoms with Crippen molar-refractivity contribution < 1.29 is 5.11 Å². The minimum atomic E-state index is 0.236. The Bertz CT molecular complexity index is 597. The van der Waals surface area contributed by atoms with E-state index in [1.54, 1.807) is 0 Å². The second kappa shape index (κ2) is 6.08. The molecule has 20 heavy (non-hydrogen) atoms. The standard InChI is InChI=1S/C15H18BrN3O/c16-14-11-17-15(13-4-2-1-3-12(13)14)19-7-5-18(6-8-19)9-10-20/h1-4,11,20H,5-10H2. The molecule has 1 N–H and O–H groups in total. The molecule has 106 valence electrons. The second-order valence-corrected chi connectivity index (χ2v) is 5.88. The quantitative estimate of drug-likeness (QED) is 0.932. The molecule has 0 radical (unpaired) electrons. The second-order valence-electron chi connectivity index (χ2n) is 5.03. The van der Waals surface area contributed by atoms with E-state index in [0.717, 1.165) is 43.0 Å². The number of hydrogen-bond acceptors (Lipinski definition) is 4. The molecule has 0 unspecified atom stereocenters. The van der Waals surface area contributed by atoms with Crippen molar-refractivity contribution in [2.24, 2.45) is 0 Å². The van der Waals surface area contributed by atoms with Gasteiger partial charge in [0.2, 0.25) is 0 Å². The maximum absolute atomic E-state index is 9.00. The molecular formula is C15H18BrN3O. The van der Waals surface area contributed by atoms with Crippen LogP contribution in [0.3, 0.4) is 0 Å². The van der Waals surface area contributed by atoms with Crippen LogP contribution in [0.2, 0.25) is 0 Å². The van der Waals surface area contributed by atoms with Crippen LogP contribution in [0.4, 0.5) is 5.82 Å². The summed E-state index contributed by atoms with van der Waals surface area (Å²) in [6, 6.07) is 8.35. The van der Waals surface area contributed by atoms with Gasteiger partial charge in [-0.2, -0.15) is 0 Å². The highest BCUT2D eigenvalue weighted by atomic mass is 79.9. The van der Waals surface area contributed by atoms with Gasteiger partial charge in [0.05, 0.1) is 6.61 Å². The summed E-state index contributed by atoms with van der Waals surface area (Å²) in [6.07, 6.45) is 1.89. The van der Waals surface area contributed by atoms with Crippen LogP contribution in [0.1, 0.15) is 0 Å². The Kier molecular flexibility index (Phi) is 4.19. The number of aromatic nitrogens is 1. The Balaban J connectivity index is 1.87. The van der Waals surface area contributed by atoms with Crippen molar-refractivity contribution in [1.29, 1.82) is 0 Å². The number of aliphatic hydroxyl groups is 1. The monoisotopic (exact) mass is 335 g/mol. The average Bonchev–Trinajstić information content (AvgIpc) is 2.49. The van der Waals surface area contributed by atoms with E-state index in [4.69, 9.17) is 5.11 Å². The maximum atomic E-state index is 9.00. The number of benzene rings is 1. The van der Waals surface area contributed by atoms with Crippen molar-refractivity contribution in [1.82, 2.24) is 9.88 Å². The third kappa shape index (κ3) is 2.66. The topological polar surface area (TPSA) is 39.6 Å². The Hall–Kier alpha value is -1.17. The molecule has 2 heterocycles. The summed E-state index contributed by atoms with van der Waals surface area (Å²) in [5.74, 6) is 1.06. The van der Waals surface area contributed by atoms with Gasteiger partial charge in [-0.3, -0.25) is 4.90 Å². The minimum Gasteiger partial charge on any atom is -0.395 e. The normalized spacial score (nSPS) is 16.8. The number of fused-ring (bicyclic) bond motifs is 1. The summed E-state index contributed by atoms with van der Waals surface area (Å²) in [7, 11) is 0. The van der Waals surface area contributed by atoms with Crippen LogP contribution in [0.15, 0.2) is 34.9 Å². The van der Waals surface area contributed by atoms with Crippen LogP contribution in [-0.2, 0) is 0 Å². The predicted molar refractivity (Wildman–Crippen MR) is 85.2 cm³/mol. The highest BCUT2D eigenvalue weighted by molar-refractivity contribution is 9.10. The summed E-state index contributed by atoms with van der Waals surface area (Å²) in [5, 5.41) is 11.4. The van der Waals surface area contributed by atoms with Gasteiger partial charge >= 0.3 is 0 Å². The van der Waals surface area contributed by atoms with E-state index in [-0.39, 0.29) is 6.61 Å². The third-order valence-electron chi connectivity index (χ3n) is 3.81. The van der Waals surface area contributed by atoms with Crippen LogP contribution >= 0.6 is 15.9 Å². The van der Waals surface area contributed by atoms with Gasteiger partial charge in [-0.05, 0) is 15.9 Å². The fourth-order valence-electron chi connectivity index (χ4n) is 2.72. The lowest BCUT2D eigenvalue weighted by molar-refractivity contribution is 0.188. The molecule has 1 saturated heterocycles. The van der Waals surface area contributed by atoms with Crippen LogP contribution < -0.4 is 4.90 Å². The van der Waals surface area contributed by atoms with Crippen LogP contribution in [-0.4, -0.2) is 54.3 Å². The molecule has 0 saturated carbocycles. The lowest BCUT2D eigenvalue weighted by Gasteiger charge is -2.35. The molecule has 0 bridgehead atoms. The Morgan fingerprint density at radius 2 is 1.80 bits per heavy atom. The summed E-state index contributed by atoms with van der Waals surface area (Å²) >= 11 is 3.57. The maximum Gasteiger partial charge on any atom is 0.136 e. The van der Waals surface area contributed by atoms with Gasteiger partial charge in [0.25, 0.3) is 0 Å².